The molecule has 0 aliphatic carbocycles. The van der Waals surface area contributed by atoms with E-state index in [4.69, 9.17) is 5.73 Å². The Morgan fingerprint density at radius 3 is 2.91 bits per heavy atom. The smallest absolute Gasteiger partial charge is 0.132 e. The fourth-order valence-corrected chi connectivity index (χ4v) is 0.935. The first-order chi connectivity index (χ1) is 5.25. The minimum atomic E-state index is -0.176. The molecule has 11 heavy (non-hydrogen) atoms. The Morgan fingerprint density at radius 2 is 2.27 bits per heavy atom. The van der Waals surface area contributed by atoms with Crippen molar-refractivity contribution in [3.8, 4) is 0 Å². The van der Waals surface area contributed by atoms with Crippen LogP contribution in [0.2, 0.25) is 0 Å². The van der Waals surface area contributed by atoms with E-state index < -0.39 is 0 Å². The van der Waals surface area contributed by atoms with Gasteiger partial charge < -0.3 is 5.73 Å². The highest BCUT2D eigenvalue weighted by Gasteiger charge is 2.03. The Labute approximate surface area is 65.3 Å². The number of rotatable bonds is 2. The summed E-state index contributed by atoms with van der Waals surface area (Å²) in [6.45, 7) is 2.16. The third-order valence-electron chi connectivity index (χ3n) is 1.54. The minimum absolute atomic E-state index is 0.176. The number of pyridine rings is 1. The molecular weight excluding hydrogens is 143 g/mol. The van der Waals surface area contributed by atoms with E-state index >= 15 is 0 Å². The number of aromatic nitrogens is 1. The van der Waals surface area contributed by atoms with Crippen LogP contribution in [0.1, 0.15) is 11.1 Å². The molecule has 0 atom stereocenters. The van der Waals surface area contributed by atoms with Gasteiger partial charge in [0.2, 0.25) is 0 Å². The van der Waals surface area contributed by atoms with Crippen LogP contribution in [0.25, 0.3) is 0 Å². The number of hydrogen-bond acceptors (Lipinski definition) is 2. The second-order valence-electron chi connectivity index (χ2n) is 2.47. The Morgan fingerprint density at radius 1 is 1.55 bits per heavy atom. The Balaban J connectivity index is 2.96. The van der Waals surface area contributed by atoms with Crippen molar-refractivity contribution < 1.29 is 4.39 Å². The Bertz CT molecular complexity index is 248. The van der Waals surface area contributed by atoms with Gasteiger partial charge in [0.25, 0.3) is 0 Å². The molecule has 0 aromatic carbocycles. The molecule has 2 nitrogen and oxygen atoms in total. The SMILES string of the molecule is Cc1cncc(CCN)c1F. The lowest BCUT2D eigenvalue weighted by Crippen LogP contribution is -2.05. The zero-order chi connectivity index (χ0) is 8.27. The molecule has 0 bridgehead atoms. The summed E-state index contributed by atoms with van der Waals surface area (Å²) in [6.07, 6.45) is 3.59. The number of hydrogen-bond donors (Lipinski definition) is 1. The van der Waals surface area contributed by atoms with Gasteiger partial charge in [-0.3, -0.25) is 4.98 Å². The van der Waals surface area contributed by atoms with Crippen LogP contribution in [-0.4, -0.2) is 11.5 Å². The molecule has 1 aromatic rings. The molecule has 0 aliphatic rings. The summed E-state index contributed by atoms with van der Waals surface area (Å²) in [6, 6.07) is 0. The Kier molecular flexibility index (Phi) is 2.54. The maximum atomic E-state index is 13.1. The van der Waals surface area contributed by atoms with Crippen LogP contribution in [0, 0.1) is 12.7 Å². The molecule has 0 amide bonds. The average Bonchev–Trinajstić information content (AvgIpc) is 1.99. The first kappa shape index (κ1) is 8.14. The van der Waals surface area contributed by atoms with E-state index in [1.165, 1.54) is 12.4 Å². The van der Waals surface area contributed by atoms with Crippen molar-refractivity contribution in [3.05, 3.63) is 29.3 Å². The third kappa shape index (κ3) is 1.74. The molecule has 0 aliphatic heterocycles. The van der Waals surface area contributed by atoms with E-state index in [1.54, 1.807) is 6.92 Å². The number of aryl methyl sites for hydroxylation is 1. The highest BCUT2D eigenvalue weighted by molar-refractivity contribution is 5.19. The summed E-state index contributed by atoms with van der Waals surface area (Å²) in [4.78, 5) is 3.87. The van der Waals surface area contributed by atoms with Crippen LogP contribution in [-0.2, 0) is 6.42 Å². The van der Waals surface area contributed by atoms with Crippen LogP contribution in [0.15, 0.2) is 12.4 Å². The molecule has 0 saturated carbocycles. The van der Waals surface area contributed by atoms with Crippen LogP contribution < -0.4 is 5.73 Å². The topological polar surface area (TPSA) is 38.9 Å². The monoisotopic (exact) mass is 154 g/mol. The van der Waals surface area contributed by atoms with Crippen molar-refractivity contribution >= 4 is 0 Å². The molecule has 0 spiro atoms. The Hall–Kier alpha value is -0.960. The largest absolute Gasteiger partial charge is 0.330 e. The number of nitrogens with two attached hydrogens (primary N) is 1. The number of nitrogens with zero attached hydrogens (tertiary/aromatic N) is 1. The van der Waals surface area contributed by atoms with E-state index in [2.05, 4.69) is 4.98 Å². The number of halogens is 1. The normalized spacial score (nSPS) is 10.1. The lowest BCUT2D eigenvalue weighted by molar-refractivity contribution is 0.597. The lowest BCUT2D eigenvalue weighted by atomic mass is 10.1. The molecule has 3 heteroatoms. The van der Waals surface area contributed by atoms with Crippen molar-refractivity contribution in [2.24, 2.45) is 5.73 Å². The van der Waals surface area contributed by atoms with Crippen LogP contribution in [0.4, 0.5) is 4.39 Å². The van der Waals surface area contributed by atoms with E-state index in [-0.39, 0.29) is 5.82 Å². The second-order valence-corrected chi connectivity index (χ2v) is 2.47. The van der Waals surface area contributed by atoms with Gasteiger partial charge in [0.1, 0.15) is 5.82 Å². The van der Waals surface area contributed by atoms with Gasteiger partial charge in [-0.1, -0.05) is 0 Å². The lowest BCUT2D eigenvalue weighted by Gasteiger charge is -2.01. The van der Waals surface area contributed by atoms with Crippen molar-refractivity contribution in [1.82, 2.24) is 4.98 Å². The van der Waals surface area contributed by atoms with E-state index in [9.17, 15) is 4.39 Å². The fraction of sp³-hybridized carbons (Fsp3) is 0.375. The fourth-order valence-electron chi connectivity index (χ4n) is 0.935. The molecule has 2 N–H and O–H groups in total. The molecule has 0 saturated heterocycles. The quantitative estimate of drug-likeness (QED) is 0.691. The summed E-state index contributed by atoms with van der Waals surface area (Å²) in [5.41, 5.74) is 6.47. The van der Waals surface area contributed by atoms with Crippen LogP contribution in [0.3, 0.4) is 0 Å². The maximum absolute atomic E-state index is 13.1. The average molecular weight is 154 g/mol. The summed E-state index contributed by atoms with van der Waals surface area (Å²) in [5.74, 6) is -0.176. The van der Waals surface area contributed by atoms with Crippen LogP contribution >= 0.6 is 0 Å². The van der Waals surface area contributed by atoms with Crippen molar-refractivity contribution in [2.75, 3.05) is 6.54 Å². The molecule has 0 radical (unpaired) electrons. The van der Waals surface area contributed by atoms with E-state index in [0.717, 1.165) is 0 Å². The van der Waals surface area contributed by atoms with Crippen LogP contribution in [0.5, 0.6) is 0 Å². The summed E-state index contributed by atoms with van der Waals surface area (Å²) < 4.78 is 13.1. The molecule has 1 heterocycles. The van der Waals surface area contributed by atoms with Gasteiger partial charge in [-0.15, -0.1) is 0 Å². The molecule has 1 aromatic heterocycles. The first-order valence-electron chi connectivity index (χ1n) is 3.54. The molecule has 0 unspecified atom stereocenters. The van der Waals surface area contributed by atoms with Gasteiger partial charge in [-0.2, -0.15) is 0 Å². The third-order valence-corrected chi connectivity index (χ3v) is 1.54. The van der Waals surface area contributed by atoms with Gasteiger partial charge >= 0.3 is 0 Å². The van der Waals surface area contributed by atoms with Crippen molar-refractivity contribution in [2.45, 2.75) is 13.3 Å². The maximum Gasteiger partial charge on any atom is 0.132 e. The van der Waals surface area contributed by atoms with Gasteiger partial charge in [-0.05, 0) is 19.9 Å². The predicted octanol–water partition coefficient (Wildman–Crippen LogP) is 1.03. The predicted molar refractivity (Wildman–Crippen MR) is 41.7 cm³/mol. The van der Waals surface area contributed by atoms with Gasteiger partial charge in [0.05, 0.1) is 0 Å². The molecular formula is C8H11FN2. The zero-order valence-corrected chi connectivity index (χ0v) is 6.47. The van der Waals surface area contributed by atoms with Gasteiger partial charge in [-0.25, -0.2) is 4.39 Å². The molecule has 1 rings (SSSR count). The van der Waals surface area contributed by atoms with Crippen molar-refractivity contribution in [3.63, 3.8) is 0 Å². The van der Waals surface area contributed by atoms with E-state index in [1.807, 2.05) is 0 Å². The van der Waals surface area contributed by atoms with Crippen molar-refractivity contribution in [1.29, 1.82) is 0 Å². The minimum Gasteiger partial charge on any atom is -0.330 e. The summed E-state index contributed by atoms with van der Waals surface area (Å²) >= 11 is 0. The highest BCUT2D eigenvalue weighted by Crippen LogP contribution is 2.09. The standard InChI is InChI=1S/C8H11FN2/c1-6-4-11-5-7(2-3-10)8(6)9/h4-5H,2-3,10H2,1H3. The van der Waals surface area contributed by atoms with Gasteiger partial charge in [0, 0.05) is 23.5 Å². The molecule has 0 fully saturated rings. The zero-order valence-electron chi connectivity index (χ0n) is 6.47. The van der Waals surface area contributed by atoms with E-state index in [0.29, 0.717) is 24.1 Å². The highest BCUT2D eigenvalue weighted by atomic mass is 19.1. The first-order valence-corrected chi connectivity index (χ1v) is 3.54. The van der Waals surface area contributed by atoms with Gasteiger partial charge in [0.15, 0.2) is 0 Å². The molecule has 60 valence electrons. The summed E-state index contributed by atoms with van der Waals surface area (Å²) in [5, 5.41) is 0. The summed E-state index contributed by atoms with van der Waals surface area (Å²) in [7, 11) is 0. The second kappa shape index (κ2) is 3.44.